The molecule has 0 fully saturated rings. The van der Waals surface area contributed by atoms with E-state index >= 15 is 0 Å². The zero-order chi connectivity index (χ0) is 8.85. The molecule has 0 aromatic heterocycles. The van der Waals surface area contributed by atoms with Crippen LogP contribution in [-0.4, -0.2) is 31.5 Å². The average molecular weight is 167 g/mol. The molecule has 0 aliphatic carbocycles. The van der Waals surface area contributed by atoms with Crippen LogP contribution in [0.3, 0.4) is 0 Å². The summed E-state index contributed by atoms with van der Waals surface area (Å²) >= 11 is 0. The van der Waals surface area contributed by atoms with Gasteiger partial charge in [0.2, 0.25) is 5.91 Å². The first kappa shape index (κ1) is 10.2. The normalized spacial score (nSPS) is 13.5. The van der Waals surface area contributed by atoms with Crippen LogP contribution in [0.5, 0.6) is 0 Å². The monoisotopic (exact) mass is 167 g/mol. The molecule has 1 unspecified atom stereocenters. The van der Waals surface area contributed by atoms with Crippen molar-refractivity contribution in [2.24, 2.45) is 11.5 Å². The number of nitrogens with two attached hydrogens (primary N) is 2. The Kier molecular flexibility index (Phi) is 4.64. The van der Waals surface area contributed by atoms with Gasteiger partial charge in [-0.15, -0.1) is 0 Å². The van der Waals surface area contributed by atoms with Crippen LogP contribution in [-0.2, 0) is 4.79 Å². The molecule has 0 bridgehead atoms. The quantitative estimate of drug-likeness (QED) is 0.473. The predicted molar refractivity (Wildman–Crippen MR) is 36.0 cm³/mol. The first-order valence-corrected chi connectivity index (χ1v) is 3.07. The van der Waals surface area contributed by atoms with Gasteiger partial charge in [0.1, 0.15) is 0 Å². The Balaban J connectivity index is 3.31. The van der Waals surface area contributed by atoms with E-state index in [4.69, 9.17) is 11.5 Å². The third kappa shape index (κ3) is 5.68. The van der Waals surface area contributed by atoms with Gasteiger partial charge in [-0.2, -0.15) is 0 Å². The molecule has 0 aliphatic heterocycles. The lowest BCUT2D eigenvalue weighted by Crippen LogP contribution is -2.45. The summed E-state index contributed by atoms with van der Waals surface area (Å²) in [7, 11) is 0. The van der Waals surface area contributed by atoms with Crippen molar-refractivity contribution in [1.29, 1.82) is 0 Å². The van der Waals surface area contributed by atoms with E-state index in [0.717, 1.165) is 0 Å². The van der Waals surface area contributed by atoms with Crippen LogP contribution in [0.2, 0.25) is 0 Å². The van der Waals surface area contributed by atoms with E-state index in [1.54, 1.807) is 0 Å². The Morgan fingerprint density at radius 1 is 1.45 bits per heavy atom. The number of halogens is 2. The summed E-state index contributed by atoms with van der Waals surface area (Å²) in [5.41, 5.74) is 9.88. The van der Waals surface area contributed by atoms with Gasteiger partial charge >= 0.3 is 0 Å². The summed E-state index contributed by atoms with van der Waals surface area (Å²) in [6, 6.07) is -0.895. The van der Waals surface area contributed by atoms with Gasteiger partial charge in [-0.05, 0) is 0 Å². The lowest BCUT2D eigenvalue weighted by Gasteiger charge is -2.07. The van der Waals surface area contributed by atoms with Gasteiger partial charge in [-0.1, -0.05) is 0 Å². The zero-order valence-corrected chi connectivity index (χ0v) is 5.89. The van der Waals surface area contributed by atoms with E-state index in [-0.39, 0.29) is 6.54 Å². The van der Waals surface area contributed by atoms with Gasteiger partial charge in [0.15, 0.2) is 0 Å². The molecule has 1 atom stereocenters. The van der Waals surface area contributed by atoms with Crippen LogP contribution in [0.4, 0.5) is 8.78 Å². The minimum Gasteiger partial charge on any atom is -0.368 e. The summed E-state index contributed by atoms with van der Waals surface area (Å²) in [5, 5.41) is 2.29. The van der Waals surface area contributed by atoms with Gasteiger partial charge in [0.25, 0.3) is 6.43 Å². The Labute approximate surface area is 62.9 Å². The fraction of sp³-hybridized carbons (Fsp3) is 0.800. The fourth-order valence-corrected chi connectivity index (χ4v) is 0.449. The van der Waals surface area contributed by atoms with E-state index in [1.165, 1.54) is 0 Å². The molecule has 6 heteroatoms. The van der Waals surface area contributed by atoms with Crippen molar-refractivity contribution in [1.82, 2.24) is 5.32 Å². The summed E-state index contributed by atoms with van der Waals surface area (Å²) in [6.07, 6.45) is -2.44. The van der Waals surface area contributed by atoms with Crippen LogP contribution >= 0.6 is 0 Å². The highest BCUT2D eigenvalue weighted by atomic mass is 19.3. The second-order valence-corrected chi connectivity index (χ2v) is 2.06. The Morgan fingerprint density at radius 2 is 2.00 bits per heavy atom. The van der Waals surface area contributed by atoms with Crippen molar-refractivity contribution < 1.29 is 13.6 Å². The maximum atomic E-state index is 11.5. The van der Waals surface area contributed by atoms with E-state index in [0.29, 0.717) is 0 Å². The molecule has 4 nitrogen and oxygen atoms in total. The molecule has 0 radical (unpaired) electrons. The van der Waals surface area contributed by atoms with Gasteiger partial charge in [-0.3, -0.25) is 4.79 Å². The van der Waals surface area contributed by atoms with Crippen LogP contribution < -0.4 is 16.8 Å². The zero-order valence-electron chi connectivity index (χ0n) is 5.89. The number of alkyl halides is 2. The molecule has 5 N–H and O–H groups in total. The van der Waals surface area contributed by atoms with E-state index in [9.17, 15) is 13.6 Å². The fourth-order valence-electron chi connectivity index (χ4n) is 0.449. The summed E-state index contributed by atoms with van der Waals surface area (Å²) in [6.45, 7) is -0.485. The first-order valence-electron chi connectivity index (χ1n) is 3.07. The molecule has 0 saturated carbocycles. The maximum absolute atomic E-state index is 11.5. The van der Waals surface area contributed by atoms with Crippen molar-refractivity contribution in [2.75, 3.05) is 13.1 Å². The highest BCUT2D eigenvalue weighted by molar-refractivity contribution is 5.79. The smallest absolute Gasteiger partial charge is 0.250 e. The molecule has 11 heavy (non-hydrogen) atoms. The van der Waals surface area contributed by atoms with Crippen molar-refractivity contribution in [2.45, 2.75) is 12.5 Å². The molecule has 1 amide bonds. The largest absolute Gasteiger partial charge is 0.368 e. The first-order chi connectivity index (χ1) is 5.04. The summed E-state index contributed by atoms with van der Waals surface area (Å²) in [5.74, 6) is -0.702. The van der Waals surface area contributed by atoms with Gasteiger partial charge in [-0.25, -0.2) is 8.78 Å². The number of carbonyl (C=O) groups excluding carboxylic acids is 1. The number of nitrogens with one attached hydrogen (secondary N) is 1. The van der Waals surface area contributed by atoms with Crippen molar-refractivity contribution >= 4 is 5.91 Å². The van der Waals surface area contributed by atoms with Gasteiger partial charge < -0.3 is 16.8 Å². The standard InChI is InChI=1S/C5H11F2N3O/c6-4(7)2-10-1-3(8)5(9)11/h3-4,10H,1-2,8H2,(H2,9,11). The third-order valence-electron chi connectivity index (χ3n) is 1.03. The van der Waals surface area contributed by atoms with Crippen LogP contribution in [0.25, 0.3) is 0 Å². The number of amides is 1. The van der Waals surface area contributed by atoms with Crippen LogP contribution in [0.15, 0.2) is 0 Å². The molecule has 0 heterocycles. The summed E-state index contributed by atoms with van der Waals surface area (Å²) in [4.78, 5) is 10.2. The molecule has 0 aromatic rings. The highest BCUT2D eigenvalue weighted by Crippen LogP contribution is 1.87. The second-order valence-electron chi connectivity index (χ2n) is 2.06. The minimum atomic E-state index is -2.44. The molecule has 66 valence electrons. The van der Waals surface area contributed by atoms with Crippen LogP contribution in [0, 0.1) is 0 Å². The Hall–Kier alpha value is -0.750. The molecule has 0 saturated heterocycles. The molecular weight excluding hydrogens is 156 g/mol. The number of hydrogen-bond acceptors (Lipinski definition) is 3. The summed E-state index contributed by atoms with van der Waals surface area (Å²) < 4.78 is 22.9. The van der Waals surface area contributed by atoms with Gasteiger partial charge in [0, 0.05) is 6.54 Å². The second kappa shape index (κ2) is 4.97. The van der Waals surface area contributed by atoms with Crippen molar-refractivity contribution in [3.8, 4) is 0 Å². The SMILES string of the molecule is NC(=O)C(N)CNCC(F)F. The number of primary amides is 1. The highest BCUT2D eigenvalue weighted by Gasteiger charge is 2.09. The Morgan fingerprint density at radius 3 is 2.36 bits per heavy atom. The topological polar surface area (TPSA) is 81.1 Å². The maximum Gasteiger partial charge on any atom is 0.250 e. The number of rotatable bonds is 5. The van der Waals surface area contributed by atoms with E-state index in [2.05, 4.69) is 5.32 Å². The minimum absolute atomic E-state index is 0.0142. The lowest BCUT2D eigenvalue weighted by atomic mass is 10.3. The molecule has 0 aliphatic rings. The third-order valence-corrected chi connectivity index (χ3v) is 1.03. The average Bonchev–Trinajstić information content (AvgIpc) is 1.86. The van der Waals surface area contributed by atoms with Crippen molar-refractivity contribution in [3.63, 3.8) is 0 Å². The lowest BCUT2D eigenvalue weighted by molar-refractivity contribution is -0.119. The number of carbonyl (C=O) groups is 1. The molecule has 0 aromatic carbocycles. The molecule has 0 rings (SSSR count). The predicted octanol–water partition coefficient (Wildman–Crippen LogP) is -1.35. The van der Waals surface area contributed by atoms with Crippen LogP contribution in [0.1, 0.15) is 0 Å². The Bertz CT molecular complexity index is 131. The van der Waals surface area contributed by atoms with Gasteiger partial charge in [0.05, 0.1) is 12.6 Å². The molecular formula is C5H11F2N3O. The number of hydrogen-bond donors (Lipinski definition) is 3. The van der Waals surface area contributed by atoms with Crippen molar-refractivity contribution in [3.05, 3.63) is 0 Å². The van der Waals surface area contributed by atoms with E-state index < -0.39 is 24.9 Å². The molecule has 0 spiro atoms. The van der Waals surface area contributed by atoms with E-state index in [1.807, 2.05) is 0 Å².